The van der Waals surface area contributed by atoms with Crippen LogP contribution in [0.1, 0.15) is 0 Å². The Morgan fingerprint density at radius 3 is 1.61 bits per heavy atom. The van der Waals surface area contributed by atoms with Crippen molar-refractivity contribution >= 4 is 22.1 Å². The number of rotatable bonds is 3. The topological polar surface area (TPSA) is 70.4 Å². The zero-order valence-electron chi connectivity index (χ0n) is 24.0. The van der Waals surface area contributed by atoms with E-state index in [0.717, 1.165) is 28.1 Å². The van der Waals surface area contributed by atoms with Crippen LogP contribution in [-0.2, 0) is 34.2 Å². The molecular weight excluding hydrogens is 725 g/mol. The monoisotopic (exact) mass is 752 g/mol. The fraction of sp³-hybridized carbons (Fsp3) is 0.0571. The van der Waals surface area contributed by atoms with Crippen molar-refractivity contribution < 1.29 is 29.2 Å². The van der Waals surface area contributed by atoms with Crippen LogP contribution in [0.5, 0.6) is 0 Å². The normalized spacial score (nSPS) is 10.3. The van der Waals surface area contributed by atoms with Gasteiger partial charge in [-0.05, 0) is 17.8 Å². The summed E-state index contributed by atoms with van der Waals surface area (Å²) in [4.78, 5) is 4.08. The van der Waals surface area contributed by atoms with Crippen LogP contribution < -0.4 is 14.2 Å². The van der Waals surface area contributed by atoms with Crippen molar-refractivity contribution in [1.82, 2.24) is 29.5 Å². The molecule has 44 heavy (non-hydrogen) atoms. The van der Waals surface area contributed by atoms with E-state index in [1.54, 1.807) is 12.4 Å². The Morgan fingerprint density at radius 2 is 1.16 bits per heavy atom. The molecule has 0 fully saturated rings. The van der Waals surface area contributed by atoms with Gasteiger partial charge in [-0.25, -0.2) is 0 Å². The fourth-order valence-electron chi connectivity index (χ4n) is 4.61. The summed E-state index contributed by atoms with van der Waals surface area (Å²) >= 11 is 0. The maximum absolute atomic E-state index is 4.08. The molecule has 8 aromatic rings. The van der Waals surface area contributed by atoms with Gasteiger partial charge >= 0.3 is 0 Å². The second kappa shape index (κ2) is 14.3. The van der Waals surface area contributed by atoms with Crippen LogP contribution in [0.25, 0.3) is 44.8 Å². The van der Waals surface area contributed by atoms with E-state index < -0.39 is 0 Å². The first-order valence-corrected chi connectivity index (χ1v) is 13.6. The molecule has 0 N–H and O–H groups in total. The van der Waals surface area contributed by atoms with E-state index >= 15 is 0 Å². The number of pyridine rings is 1. The van der Waals surface area contributed by atoms with Gasteiger partial charge in [0.15, 0.2) is 0 Å². The molecule has 0 amide bonds. The third-order valence-electron chi connectivity index (χ3n) is 6.65. The number of hydrogen-bond acceptors (Lipinski definition) is 3. The predicted molar refractivity (Wildman–Crippen MR) is 163 cm³/mol. The fourth-order valence-corrected chi connectivity index (χ4v) is 4.61. The molecule has 8 nitrogen and oxygen atoms in total. The van der Waals surface area contributed by atoms with Crippen molar-refractivity contribution in [2.75, 3.05) is 0 Å². The Balaban J connectivity index is 0.000000132. The molecule has 0 aliphatic carbocycles. The average molecular weight is 752 g/mol. The number of nitrogens with zero attached hydrogens (tertiary/aromatic N) is 8. The van der Waals surface area contributed by atoms with Crippen LogP contribution in [0.4, 0.5) is 0 Å². The smallest absolute Gasteiger partial charge is 0.242 e. The van der Waals surface area contributed by atoms with Crippen molar-refractivity contribution in [1.29, 1.82) is 0 Å². The molecule has 0 aliphatic rings. The third kappa shape index (κ3) is 6.70. The first kappa shape index (κ1) is 30.2. The first-order chi connectivity index (χ1) is 21.2. The molecule has 4 heterocycles. The second-order valence-electron chi connectivity index (χ2n) is 9.50. The molecule has 0 saturated carbocycles. The van der Waals surface area contributed by atoms with Gasteiger partial charge in [-0.1, -0.05) is 72.2 Å². The first-order valence-electron chi connectivity index (χ1n) is 13.6. The molecule has 0 atom stereocenters. The quantitative estimate of drug-likeness (QED) is 0.196. The number of benzene rings is 4. The largest absolute Gasteiger partial charge is 0.358 e. The molecule has 0 aliphatic heterocycles. The Kier molecular flexibility index (Phi) is 9.81. The number of para-hydroxylation sites is 6. The molecule has 9 heteroatoms. The Hall–Kier alpha value is -5.24. The number of aromatic nitrogens is 8. The number of aryl methyl sites for hydroxylation is 2. The molecule has 0 saturated heterocycles. The van der Waals surface area contributed by atoms with Gasteiger partial charge < -0.3 is 28.5 Å². The standard InChI is InChI=1S/2C14H11N2.C7H5N4.Ir/c2*1-15-11-16(12-7-3-2-4-8-12)14-10-6-5-9-13(14)15;1-2-4-8-6(3-1)7-5-9-11-10-7;/h2*2-7,9-10H,1H3;1-5H;/q3*-1;. The summed E-state index contributed by atoms with van der Waals surface area (Å²) in [5.74, 6) is 0. The van der Waals surface area contributed by atoms with E-state index in [1.165, 1.54) is 11.0 Å². The zero-order valence-corrected chi connectivity index (χ0v) is 26.4. The van der Waals surface area contributed by atoms with E-state index in [-0.39, 0.29) is 20.1 Å². The van der Waals surface area contributed by atoms with Crippen LogP contribution >= 0.6 is 0 Å². The van der Waals surface area contributed by atoms with Gasteiger partial charge in [0, 0.05) is 26.3 Å². The van der Waals surface area contributed by atoms with E-state index in [4.69, 9.17) is 0 Å². The van der Waals surface area contributed by atoms with E-state index in [9.17, 15) is 0 Å². The van der Waals surface area contributed by atoms with Gasteiger partial charge in [0.05, 0.1) is 41.9 Å². The van der Waals surface area contributed by atoms with E-state index in [2.05, 4.69) is 69.4 Å². The van der Waals surface area contributed by atoms with Crippen molar-refractivity contribution in [3.63, 3.8) is 0 Å². The van der Waals surface area contributed by atoms with E-state index in [1.807, 2.05) is 123 Å². The maximum atomic E-state index is 4.08. The maximum Gasteiger partial charge on any atom is 0.242 e. The van der Waals surface area contributed by atoms with Crippen LogP contribution in [-0.4, -0.2) is 24.4 Å². The summed E-state index contributed by atoms with van der Waals surface area (Å²) in [6.45, 7) is 0. The van der Waals surface area contributed by atoms with Crippen molar-refractivity contribution in [3.8, 4) is 22.8 Å². The van der Waals surface area contributed by atoms with Crippen LogP contribution in [0.15, 0.2) is 128 Å². The summed E-state index contributed by atoms with van der Waals surface area (Å²) in [5.41, 5.74) is 8.17. The summed E-state index contributed by atoms with van der Waals surface area (Å²) in [5, 5.41) is 10.8. The van der Waals surface area contributed by atoms with Crippen molar-refractivity contribution in [3.05, 3.63) is 152 Å². The molecule has 4 aromatic heterocycles. The number of hydrogen-bond donors (Lipinski definition) is 0. The molecule has 4 aromatic carbocycles. The van der Waals surface area contributed by atoms with Crippen LogP contribution in [0.2, 0.25) is 0 Å². The molecule has 1 radical (unpaired) electrons. The summed E-state index contributed by atoms with van der Waals surface area (Å²) < 4.78 is 8.04. The number of fused-ring (bicyclic) bond motifs is 2. The average Bonchev–Trinajstić information content (AvgIpc) is 3.82. The zero-order chi connectivity index (χ0) is 29.4. The van der Waals surface area contributed by atoms with Gasteiger partial charge in [0.1, 0.15) is 0 Å². The number of imidazole rings is 2. The SMILES string of the molecule is C[n+]1[c-]n(-c2[c-]cccc2)c2ccccc21.C[n+]1[c-]n(-c2[c-]cccc2)c2ccccc21.[Ir].c1ccc(-c2cnn[n-]2)nc1. The summed E-state index contributed by atoms with van der Waals surface area (Å²) in [7, 11) is 4.00. The Bertz CT molecular complexity index is 1920. The molecule has 0 spiro atoms. The summed E-state index contributed by atoms with van der Waals surface area (Å²) in [6, 6.07) is 44.4. The molecule has 0 unspecified atom stereocenters. The van der Waals surface area contributed by atoms with Gasteiger partial charge in [-0.2, -0.15) is 60.7 Å². The minimum atomic E-state index is 0. The molecule has 0 bridgehead atoms. The minimum Gasteiger partial charge on any atom is -0.358 e. The summed E-state index contributed by atoms with van der Waals surface area (Å²) in [6.07, 6.45) is 9.84. The Labute approximate surface area is 269 Å². The van der Waals surface area contributed by atoms with Crippen molar-refractivity contribution in [2.24, 2.45) is 14.1 Å². The van der Waals surface area contributed by atoms with Gasteiger partial charge in [0.2, 0.25) is 12.7 Å². The Morgan fingerprint density at radius 1 is 0.636 bits per heavy atom. The predicted octanol–water partition coefficient (Wildman–Crippen LogP) is 4.60. The van der Waals surface area contributed by atoms with Gasteiger partial charge in [0.25, 0.3) is 0 Å². The van der Waals surface area contributed by atoms with Crippen molar-refractivity contribution in [2.45, 2.75) is 0 Å². The molecule has 219 valence electrons. The molecule has 8 rings (SSSR count). The van der Waals surface area contributed by atoms with Crippen LogP contribution in [0, 0.1) is 24.8 Å². The second-order valence-corrected chi connectivity index (χ2v) is 9.50. The molecular formula is C35H27IrN8-3. The van der Waals surface area contributed by atoms with Gasteiger partial charge in [-0.3, -0.25) is 10.2 Å². The van der Waals surface area contributed by atoms with Gasteiger partial charge in [-0.15, -0.1) is 0 Å². The van der Waals surface area contributed by atoms with Crippen LogP contribution in [0.3, 0.4) is 0 Å². The van der Waals surface area contributed by atoms with E-state index in [0.29, 0.717) is 5.69 Å². The third-order valence-corrected chi connectivity index (χ3v) is 6.65. The minimum absolute atomic E-state index is 0.